The Kier molecular flexibility index (Phi) is 5.98. The van der Waals surface area contributed by atoms with Crippen LogP contribution in [0.4, 0.5) is 5.69 Å². The Morgan fingerprint density at radius 3 is 2.74 bits per heavy atom. The molecule has 0 bridgehead atoms. The summed E-state index contributed by atoms with van der Waals surface area (Å²) in [7, 11) is 1.58. The molecule has 0 aliphatic rings. The summed E-state index contributed by atoms with van der Waals surface area (Å²) in [5.74, 6) is 1.54. The summed E-state index contributed by atoms with van der Waals surface area (Å²) >= 11 is 1.59. The van der Waals surface area contributed by atoms with Crippen molar-refractivity contribution >= 4 is 22.9 Å². The van der Waals surface area contributed by atoms with Crippen molar-refractivity contribution in [3.8, 4) is 11.5 Å². The van der Waals surface area contributed by atoms with Gasteiger partial charge in [-0.25, -0.2) is 4.98 Å². The number of hydrogen-bond acceptors (Lipinski definition) is 5. The van der Waals surface area contributed by atoms with Crippen LogP contribution >= 0.6 is 11.3 Å². The Morgan fingerprint density at radius 2 is 2.13 bits per heavy atom. The average molecular weight is 334 g/mol. The molecule has 0 unspecified atom stereocenters. The van der Waals surface area contributed by atoms with Crippen molar-refractivity contribution in [2.45, 2.75) is 33.1 Å². The van der Waals surface area contributed by atoms with Gasteiger partial charge in [0.1, 0.15) is 0 Å². The van der Waals surface area contributed by atoms with Crippen LogP contribution in [-0.2, 0) is 11.2 Å². The van der Waals surface area contributed by atoms with Crippen molar-refractivity contribution in [1.29, 1.82) is 0 Å². The first kappa shape index (κ1) is 17.3. The van der Waals surface area contributed by atoms with E-state index in [4.69, 9.17) is 9.47 Å². The van der Waals surface area contributed by atoms with E-state index in [2.05, 4.69) is 24.1 Å². The highest BCUT2D eigenvalue weighted by atomic mass is 32.1. The van der Waals surface area contributed by atoms with E-state index in [1.54, 1.807) is 36.6 Å². The van der Waals surface area contributed by atoms with E-state index in [0.717, 1.165) is 10.7 Å². The molecule has 23 heavy (non-hydrogen) atoms. The van der Waals surface area contributed by atoms with Crippen LogP contribution in [0.15, 0.2) is 23.6 Å². The van der Waals surface area contributed by atoms with Crippen molar-refractivity contribution in [2.75, 3.05) is 19.0 Å². The summed E-state index contributed by atoms with van der Waals surface area (Å²) in [6, 6.07) is 5.34. The summed E-state index contributed by atoms with van der Waals surface area (Å²) in [6.45, 7) is 6.66. The lowest BCUT2D eigenvalue weighted by Crippen LogP contribution is -2.14. The molecule has 0 aliphatic heterocycles. The molecule has 0 fully saturated rings. The highest BCUT2D eigenvalue weighted by molar-refractivity contribution is 7.09. The molecule has 1 aromatic heterocycles. The number of carbonyl (C=O) groups is 1. The molecule has 2 rings (SSSR count). The van der Waals surface area contributed by atoms with Gasteiger partial charge in [0.05, 0.1) is 30.8 Å². The fourth-order valence-electron chi connectivity index (χ4n) is 2.06. The molecule has 0 atom stereocenters. The van der Waals surface area contributed by atoms with E-state index in [1.165, 1.54) is 0 Å². The maximum absolute atomic E-state index is 12.2. The average Bonchev–Trinajstić information content (AvgIpc) is 2.97. The van der Waals surface area contributed by atoms with E-state index >= 15 is 0 Å². The molecule has 0 saturated carbocycles. The first-order chi connectivity index (χ1) is 11.0. The molecule has 2 aromatic rings. The molecule has 1 amide bonds. The van der Waals surface area contributed by atoms with Gasteiger partial charge >= 0.3 is 0 Å². The molecule has 124 valence electrons. The highest BCUT2D eigenvalue weighted by Crippen LogP contribution is 2.30. The molecule has 1 heterocycles. The van der Waals surface area contributed by atoms with Crippen molar-refractivity contribution in [2.24, 2.45) is 0 Å². The summed E-state index contributed by atoms with van der Waals surface area (Å²) in [6.07, 6.45) is 0.263. The smallest absolute Gasteiger partial charge is 0.230 e. The van der Waals surface area contributed by atoms with Crippen LogP contribution in [-0.4, -0.2) is 24.6 Å². The monoisotopic (exact) mass is 334 g/mol. The molecule has 1 N–H and O–H groups in total. The predicted octanol–water partition coefficient (Wildman–Crippen LogP) is 3.86. The van der Waals surface area contributed by atoms with Crippen LogP contribution in [0.5, 0.6) is 11.5 Å². The zero-order valence-corrected chi connectivity index (χ0v) is 14.7. The van der Waals surface area contributed by atoms with Crippen LogP contribution in [0.1, 0.15) is 37.4 Å². The SMILES string of the molecule is CCOc1ccc(NC(=O)Cc2csc(C(C)C)n2)cc1OC. The number of ether oxygens (including phenoxy) is 2. The van der Waals surface area contributed by atoms with Gasteiger partial charge in [0.25, 0.3) is 0 Å². The minimum Gasteiger partial charge on any atom is -0.493 e. The standard InChI is InChI=1S/C17H22N2O3S/c1-5-22-14-7-6-12(8-15(14)21-4)18-16(20)9-13-10-23-17(19-13)11(2)3/h6-8,10-11H,5,9H2,1-4H3,(H,18,20). The first-order valence-electron chi connectivity index (χ1n) is 7.58. The van der Waals surface area contributed by atoms with Crippen molar-refractivity contribution in [3.05, 3.63) is 34.3 Å². The van der Waals surface area contributed by atoms with Gasteiger partial charge in [0, 0.05) is 23.1 Å². The van der Waals surface area contributed by atoms with E-state index < -0.39 is 0 Å². The van der Waals surface area contributed by atoms with Gasteiger partial charge in [-0.1, -0.05) is 13.8 Å². The molecule has 0 spiro atoms. The second-order valence-electron chi connectivity index (χ2n) is 5.36. The Morgan fingerprint density at radius 1 is 1.35 bits per heavy atom. The van der Waals surface area contributed by atoms with Gasteiger partial charge < -0.3 is 14.8 Å². The Bertz CT molecular complexity index is 668. The summed E-state index contributed by atoms with van der Waals surface area (Å²) < 4.78 is 10.7. The second kappa shape index (κ2) is 7.97. The zero-order valence-electron chi connectivity index (χ0n) is 13.9. The normalized spacial score (nSPS) is 10.7. The summed E-state index contributed by atoms with van der Waals surface area (Å²) in [4.78, 5) is 16.6. The van der Waals surface area contributed by atoms with Crippen LogP contribution in [0.3, 0.4) is 0 Å². The lowest BCUT2D eigenvalue weighted by atomic mass is 10.2. The third kappa shape index (κ3) is 4.69. The van der Waals surface area contributed by atoms with Crippen molar-refractivity contribution < 1.29 is 14.3 Å². The van der Waals surface area contributed by atoms with Gasteiger partial charge in [-0.05, 0) is 19.1 Å². The molecular formula is C17H22N2O3S. The second-order valence-corrected chi connectivity index (χ2v) is 6.25. The number of rotatable bonds is 7. The minimum atomic E-state index is -0.100. The quantitative estimate of drug-likeness (QED) is 0.835. The number of anilines is 1. The van der Waals surface area contributed by atoms with Gasteiger partial charge in [-0.15, -0.1) is 11.3 Å². The lowest BCUT2D eigenvalue weighted by molar-refractivity contribution is -0.115. The third-order valence-corrected chi connectivity index (χ3v) is 4.35. The van der Waals surface area contributed by atoms with Crippen LogP contribution < -0.4 is 14.8 Å². The first-order valence-corrected chi connectivity index (χ1v) is 8.46. The molecule has 5 nitrogen and oxygen atoms in total. The maximum Gasteiger partial charge on any atom is 0.230 e. The number of hydrogen-bond donors (Lipinski definition) is 1. The number of nitrogens with zero attached hydrogens (tertiary/aromatic N) is 1. The van der Waals surface area contributed by atoms with Crippen LogP contribution in [0.25, 0.3) is 0 Å². The fourth-order valence-corrected chi connectivity index (χ4v) is 2.89. The van der Waals surface area contributed by atoms with Gasteiger partial charge in [-0.3, -0.25) is 4.79 Å². The Labute approximate surface area is 140 Å². The largest absolute Gasteiger partial charge is 0.493 e. The topological polar surface area (TPSA) is 60.5 Å². The number of thiazole rings is 1. The Hall–Kier alpha value is -2.08. The van der Waals surface area contributed by atoms with Crippen molar-refractivity contribution in [1.82, 2.24) is 4.98 Å². The molecule has 0 saturated heterocycles. The van der Waals surface area contributed by atoms with Gasteiger partial charge in [0.2, 0.25) is 5.91 Å². The van der Waals surface area contributed by atoms with Crippen LogP contribution in [0.2, 0.25) is 0 Å². The maximum atomic E-state index is 12.2. The summed E-state index contributed by atoms with van der Waals surface area (Å²) in [5, 5.41) is 5.85. The number of carbonyl (C=O) groups excluding carboxylic acids is 1. The molecule has 6 heteroatoms. The van der Waals surface area contributed by atoms with E-state index in [9.17, 15) is 4.79 Å². The van der Waals surface area contributed by atoms with Gasteiger partial charge in [0.15, 0.2) is 11.5 Å². The highest BCUT2D eigenvalue weighted by Gasteiger charge is 2.11. The lowest BCUT2D eigenvalue weighted by Gasteiger charge is -2.11. The molecular weight excluding hydrogens is 312 g/mol. The molecule has 1 aromatic carbocycles. The van der Waals surface area contributed by atoms with Crippen LogP contribution in [0, 0.1) is 0 Å². The van der Waals surface area contributed by atoms with E-state index in [-0.39, 0.29) is 12.3 Å². The molecule has 0 radical (unpaired) electrons. The van der Waals surface area contributed by atoms with E-state index in [1.807, 2.05) is 12.3 Å². The number of aromatic nitrogens is 1. The number of methoxy groups -OCH3 is 1. The number of benzene rings is 1. The number of amides is 1. The third-order valence-electron chi connectivity index (χ3n) is 3.15. The Balaban J connectivity index is 2.01. The molecule has 0 aliphatic carbocycles. The predicted molar refractivity (Wildman–Crippen MR) is 92.7 cm³/mol. The minimum absolute atomic E-state index is 0.100. The summed E-state index contributed by atoms with van der Waals surface area (Å²) in [5.41, 5.74) is 1.48. The van der Waals surface area contributed by atoms with E-state index in [0.29, 0.717) is 29.7 Å². The number of nitrogens with one attached hydrogen (secondary N) is 1. The van der Waals surface area contributed by atoms with Gasteiger partial charge in [-0.2, -0.15) is 0 Å². The fraction of sp³-hybridized carbons (Fsp3) is 0.412. The zero-order chi connectivity index (χ0) is 16.8. The van der Waals surface area contributed by atoms with Crippen molar-refractivity contribution in [3.63, 3.8) is 0 Å².